The molecular formula is C16H23O7P. The lowest BCUT2D eigenvalue weighted by atomic mass is 9.82. The van der Waals surface area contributed by atoms with Gasteiger partial charge in [-0.3, -0.25) is 13.8 Å². The zero-order valence-corrected chi connectivity index (χ0v) is 15.3. The predicted octanol–water partition coefficient (Wildman–Crippen LogP) is 3.71. The Morgan fingerprint density at radius 2 is 1.62 bits per heavy atom. The fourth-order valence-electron chi connectivity index (χ4n) is 2.82. The number of ether oxygens (including phenoxy) is 2. The van der Waals surface area contributed by atoms with Crippen molar-refractivity contribution in [1.29, 1.82) is 0 Å². The van der Waals surface area contributed by atoms with E-state index in [0.29, 0.717) is 23.5 Å². The molecule has 0 amide bonds. The Balaban J connectivity index is 2.48. The highest BCUT2D eigenvalue weighted by Gasteiger charge is 2.31. The van der Waals surface area contributed by atoms with Gasteiger partial charge in [0.25, 0.3) is 0 Å². The highest BCUT2D eigenvalue weighted by Crippen LogP contribution is 2.52. The van der Waals surface area contributed by atoms with Crippen LogP contribution < -0.4 is 14.0 Å². The number of Topliss-reactive ketones (excluding diaryl/α,β-unsaturated/α-hetero) is 1. The highest BCUT2D eigenvalue weighted by atomic mass is 31.2. The third-order valence-electron chi connectivity index (χ3n) is 4.10. The molecule has 0 heterocycles. The van der Waals surface area contributed by atoms with Crippen LogP contribution in [-0.4, -0.2) is 34.2 Å². The quantitative estimate of drug-likeness (QED) is 0.687. The predicted molar refractivity (Wildman–Crippen MR) is 88.0 cm³/mol. The summed E-state index contributed by atoms with van der Waals surface area (Å²) in [5.74, 6) is 0.916. The molecule has 1 fully saturated rings. The van der Waals surface area contributed by atoms with Gasteiger partial charge in [-0.2, -0.15) is 0 Å². The van der Waals surface area contributed by atoms with Crippen LogP contribution in [0.25, 0.3) is 0 Å². The minimum absolute atomic E-state index is 0.164. The van der Waals surface area contributed by atoms with Crippen LogP contribution in [0, 0.1) is 0 Å². The van der Waals surface area contributed by atoms with Crippen molar-refractivity contribution in [1.82, 2.24) is 0 Å². The number of carbonyl (C=O) groups excluding carboxylic acids is 1. The summed E-state index contributed by atoms with van der Waals surface area (Å²) in [4.78, 5) is 12.3. The van der Waals surface area contributed by atoms with Crippen molar-refractivity contribution >= 4 is 13.6 Å². The second kappa shape index (κ2) is 8.01. The van der Waals surface area contributed by atoms with Gasteiger partial charge in [-0.05, 0) is 18.9 Å². The summed E-state index contributed by atoms with van der Waals surface area (Å²) in [6.07, 6.45) is 3.16. The molecule has 0 saturated heterocycles. The molecular weight excluding hydrogens is 335 g/mol. The van der Waals surface area contributed by atoms with Crippen molar-refractivity contribution in [2.75, 3.05) is 28.4 Å². The van der Waals surface area contributed by atoms with E-state index in [-0.39, 0.29) is 17.5 Å². The van der Waals surface area contributed by atoms with E-state index in [4.69, 9.17) is 23.0 Å². The number of hydrogen-bond acceptors (Lipinski definition) is 7. The van der Waals surface area contributed by atoms with Gasteiger partial charge in [-0.1, -0.05) is 6.42 Å². The van der Waals surface area contributed by atoms with Gasteiger partial charge >= 0.3 is 7.82 Å². The summed E-state index contributed by atoms with van der Waals surface area (Å²) < 4.78 is 38.0. The monoisotopic (exact) mass is 358 g/mol. The molecule has 2 rings (SSSR count). The third kappa shape index (κ3) is 3.91. The topological polar surface area (TPSA) is 80.3 Å². The number of phosphoric acid groups is 1. The Labute approximate surface area is 141 Å². The van der Waals surface area contributed by atoms with Crippen LogP contribution in [0.4, 0.5) is 0 Å². The molecule has 1 atom stereocenters. The fourth-order valence-corrected chi connectivity index (χ4v) is 3.50. The maximum atomic E-state index is 12.3. The maximum Gasteiger partial charge on any atom is 0.529 e. The largest absolute Gasteiger partial charge is 0.529 e. The molecule has 0 radical (unpaired) electrons. The van der Waals surface area contributed by atoms with E-state index in [0.717, 1.165) is 19.3 Å². The van der Waals surface area contributed by atoms with Crippen molar-refractivity contribution in [3.8, 4) is 17.2 Å². The zero-order chi connectivity index (χ0) is 17.7. The van der Waals surface area contributed by atoms with Crippen LogP contribution in [0.5, 0.6) is 17.2 Å². The van der Waals surface area contributed by atoms with Gasteiger partial charge in [0.2, 0.25) is 0 Å². The summed E-state index contributed by atoms with van der Waals surface area (Å²) in [5, 5.41) is 0. The van der Waals surface area contributed by atoms with E-state index < -0.39 is 7.82 Å². The van der Waals surface area contributed by atoms with Gasteiger partial charge in [-0.15, -0.1) is 0 Å². The molecule has 1 aromatic rings. The van der Waals surface area contributed by atoms with Crippen molar-refractivity contribution < 1.29 is 32.4 Å². The lowest BCUT2D eigenvalue weighted by Crippen LogP contribution is -2.18. The van der Waals surface area contributed by atoms with E-state index in [1.807, 2.05) is 0 Å². The molecule has 24 heavy (non-hydrogen) atoms. The van der Waals surface area contributed by atoms with Crippen LogP contribution >= 0.6 is 7.82 Å². The van der Waals surface area contributed by atoms with Gasteiger partial charge < -0.3 is 14.0 Å². The second-order valence-electron chi connectivity index (χ2n) is 5.41. The average molecular weight is 358 g/mol. The van der Waals surface area contributed by atoms with Crippen LogP contribution in [0.3, 0.4) is 0 Å². The minimum Gasteiger partial charge on any atom is -0.496 e. The first kappa shape index (κ1) is 18.8. The Hall–Kier alpha value is -1.56. The number of hydrogen-bond donors (Lipinski definition) is 0. The van der Waals surface area contributed by atoms with E-state index in [1.165, 1.54) is 28.4 Å². The Kier molecular flexibility index (Phi) is 6.27. The van der Waals surface area contributed by atoms with Crippen molar-refractivity contribution in [3.63, 3.8) is 0 Å². The number of ketones is 1. The molecule has 1 aliphatic rings. The van der Waals surface area contributed by atoms with E-state index >= 15 is 0 Å². The molecule has 1 unspecified atom stereocenters. The number of phosphoric ester groups is 1. The van der Waals surface area contributed by atoms with E-state index in [2.05, 4.69) is 0 Å². The van der Waals surface area contributed by atoms with Crippen molar-refractivity contribution in [3.05, 3.63) is 17.7 Å². The van der Waals surface area contributed by atoms with E-state index in [9.17, 15) is 9.36 Å². The molecule has 0 N–H and O–H groups in total. The molecule has 0 spiro atoms. The van der Waals surface area contributed by atoms with Crippen LogP contribution in [0.2, 0.25) is 0 Å². The fraction of sp³-hybridized carbons (Fsp3) is 0.562. The summed E-state index contributed by atoms with van der Waals surface area (Å²) in [7, 11) is 1.69. The second-order valence-corrected chi connectivity index (χ2v) is 7.22. The van der Waals surface area contributed by atoms with Gasteiger partial charge in [0.15, 0.2) is 11.5 Å². The summed E-state index contributed by atoms with van der Waals surface area (Å²) >= 11 is 0. The smallest absolute Gasteiger partial charge is 0.496 e. The molecule has 0 bridgehead atoms. The lowest BCUT2D eigenvalue weighted by Gasteiger charge is -2.24. The summed E-state index contributed by atoms with van der Waals surface area (Å²) in [5.41, 5.74) is 0.691. The molecule has 7 nitrogen and oxygen atoms in total. The Bertz CT molecular complexity index is 636. The van der Waals surface area contributed by atoms with Crippen LogP contribution in [0.1, 0.15) is 37.2 Å². The molecule has 0 aliphatic heterocycles. The van der Waals surface area contributed by atoms with Gasteiger partial charge in [0, 0.05) is 38.2 Å². The number of benzene rings is 1. The zero-order valence-electron chi connectivity index (χ0n) is 14.4. The van der Waals surface area contributed by atoms with Gasteiger partial charge in [0.1, 0.15) is 11.5 Å². The highest BCUT2D eigenvalue weighted by molar-refractivity contribution is 7.48. The third-order valence-corrected chi connectivity index (χ3v) is 5.42. The van der Waals surface area contributed by atoms with Gasteiger partial charge in [-0.25, -0.2) is 4.57 Å². The first-order chi connectivity index (χ1) is 11.5. The van der Waals surface area contributed by atoms with E-state index in [1.54, 1.807) is 12.1 Å². The molecule has 1 aliphatic carbocycles. The first-order valence-electron chi connectivity index (χ1n) is 7.67. The number of carbonyl (C=O) groups is 1. The SMILES string of the molecule is COc1cc(OC)c(C2CCCCC2=O)cc1OP(=O)(OC)OC. The molecule has 134 valence electrons. The van der Waals surface area contributed by atoms with Crippen molar-refractivity contribution in [2.24, 2.45) is 0 Å². The van der Waals surface area contributed by atoms with Crippen LogP contribution in [0.15, 0.2) is 12.1 Å². The molecule has 1 saturated carbocycles. The van der Waals surface area contributed by atoms with Crippen molar-refractivity contribution in [2.45, 2.75) is 31.6 Å². The van der Waals surface area contributed by atoms with Crippen LogP contribution in [-0.2, 0) is 18.4 Å². The average Bonchev–Trinajstić information content (AvgIpc) is 2.61. The Morgan fingerprint density at radius 3 is 2.17 bits per heavy atom. The summed E-state index contributed by atoms with van der Waals surface area (Å²) in [6, 6.07) is 3.23. The maximum absolute atomic E-state index is 12.3. The molecule has 1 aromatic carbocycles. The Morgan fingerprint density at radius 1 is 0.958 bits per heavy atom. The summed E-state index contributed by atoms with van der Waals surface area (Å²) in [6.45, 7) is 0. The van der Waals surface area contributed by atoms with Gasteiger partial charge in [0.05, 0.1) is 14.2 Å². The molecule has 8 heteroatoms. The normalized spacial score (nSPS) is 18.3. The molecule has 0 aromatic heterocycles. The lowest BCUT2D eigenvalue weighted by molar-refractivity contribution is -0.121. The number of rotatable bonds is 7. The first-order valence-corrected chi connectivity index (χ1v) is 9.13. The standard InChI is InChI=1S/C16H23O7P/c1-19-14-10-15(20-2)16(23-24(18,21-3)22-4)9-12(14)11-7-5-6-8-13(11)17/h9-11H,5-8H2,1-4H3. The minimum atomic E-state index is -3.75. The number of methoxy groups -OCH3 is 2.